The summed E-state index contributed by atoms with van der Waals surface area (Å²) in [5, 5.41) is 3.26. The largest absolute Gasteiger partial charge is 0.323 e. The van der Waals surface area contributed by atoms with Gasteiger partial charge in [0, 0.05) is 5.92 Å². The molecule has 22 heavy (non-hydrogen) atoms. The zero-order chi connectivity index (χ0) is 16.3. The van der Waals surface area contributed by atoms with Crippen molar-refractivity contribution < 1.29 is 14.4 Å². The van der Waals surface area contributed by atoms with Crippen LogP contribution in [0.4, 0.5) is 5.69 Å². The standard InChI is InChI=1S/C16H15Cl2NO3/c1-15(2)8-6-7-16(15,13(21)12(8)20)14(22)19-11-9(17)4-3-5-10(11)18/h3-5,8H,6-7H2,1-2H3,(H,19,22). The van der Waals surface area contributed by atoms with Crippen molar-refractivity contribution in [2.24, 2.45) is 16.7 Å². The molecular formula is C16H15Cl2NO3. The van der Waals surface area contributed by atoms with E-state index >= 15 is 0 Å². The van der Waals surface area contributed by atoms with E-state index in [1.807, 2.05) is 0 Å². The number of carbonyl (C=O) groups excluding carboxylic acids is 3. The first-order valence-corrected chi connectivity index (χ1v) is 7.83. The predicted molar refractivity (Wildman–Crippen MR) is 84.0 cm³/mol. The van der Waals surface area contributed by atoms with Crippen molar-refractivity contribution in [1.29, 1.82) is 0 Å². The van der Waals surface area contributed by atoms with Crippen LogP contribution in [0.15, 0.2) is 18.2 Å². The SMILES string of the molecule is CC1(C)C2CCC1(C(=O)Nc1c(Cl)cccc1Cl)C(=O)C2=O. The van der Waals surface area contributed by atoms with Gasteiger partial charge in [-0.1, -0.05) is 43.1 Å². The van der Waals surface area contributed by atoms with Gasteiger partial charge in [0.25, 0.3) is 0 Å². The van der Waals surface area contributed by atoms with Crippen molar-refractivity contribution in [3.63, 3.8) is 0 Å². The van der Waals surface area contributed by atoms with Crippen molar-refractivity contribution in [1.82, 2.24) is 0 Å². The van der Waals surface area contributed by atoms with Gasteiger partial charge >= 0.3 is 0 Å². The number of rotatable bonds is 2. The third-order valence-corrected chi connectivity index (χ3v) is 5.93. The molecule has 2 saturated carbocycles. The minimum absolute atomic E-state index is 0.275. The number of hydrogen-bond donors (Lipinski definition) is 1. The molecule has 0 saturated heterocycles. The molecule has 0 heterocycles. The number of halogens is 2. The molecule has 2 bridgehead atoms. The predicted octanol–water partition coefficient (Wildman–Crippen LogP) is 3.51. The van der Waals surface area contributed by atoms with E-state index < -0.39 is 28.3 Å². The number of hydrogen-bond acceptors (Lipinski definition) is 3. The molecule has 1 N–H and O–H groups in total. The Morgan fingerprint density at radius 1 is 1.23 bits per heavy atom. The van der Waals surface area contributed by atoms with Crippen LogP contribution in [0.5, 0.6) is 0 Å². The Labute approximate surface area is 138 Å². The molecule has 1 aromatic rings. The topological polar surface area (TPSA) is 63.2 Å². The van der Waals surface area contributed by atoms with Gasteiger partial charge in [0.1, 0.15) is 5.41 Å². The Kier molecular flexibility index (Phi) is 3.38. The van der Waals surface area contributed by atoms with E-state index in [4.69, 9.17) is 23.2 Å². The van der Waals surface area contributed by atoms with Crippen LogP contribution in [0, 0.1) is 16.7 Å². The van der Waals surface area contributed by atoms with Gasteiger partial charge in [0.2, 0.25) is 17.5 Å². The van der Waals surface area contributed by atoms with Crippen LogP contribution in [-0.4, -0.2) is 17.5 Å². The first-order valence-electron chi connectivity index (χ1n) is 7.07. The number of ketones is 2. The molecule has 0 aromatic heterocycles. The maximum Gasteiger partial charge on any atom is 0.239 e. The van der Waals surface area contributed by atoms with Gasteiger partial charge in [-0.05, 0) is 30.4 Å². The van der Waals surface area contributed by atoms with Crippen LogP contribution in [0.25, 0.3) is 0 Å². The molecule has 0 spiro atoms. The van der Waals surface area contributed by atoms with Crippen molar-refractivity contribution in [3.05, 3.63) is 28.2 Å². The van der Waals surface area contributed by atoms with Crippen molar-refractivity contribution in [3.8, 4) is 0 Å². The normalized spacial score (nSPS) is 29.0. The van der Waals surface area contributed by atoms with Crippen LogP contribution in [-0.2, 0) is 14.4 Å². The number of amides is 1. The average molecular weight is 340 g/mol. The van der Waals surface area contributed by atoms with Crippen LogP contribution in [0.2, 0.25) is 10.0 Å². The van der Waals surface area contributed by atoms with Gasteiger partial charge in [-0.2, -0.15) is 0 Å². The quantitative estimate of drug-likeness (QED) is 0.662. The molecule has 0 aliphatic heterocycles. The smallest absolute Gasteiger partial charge is 0.239 e. The zero-order valence-corrected chi connectivity index (χ0v) is 13.7. The third kappa shape index (κ3) is 1.74. The zero-order valence-electron chi connectivity index (χ0n) is 12.2. The fourth-order valence-corrected chi connectivity index (χ4v) is 4.41. The molecule has 3 rings (SSSR count). The first kappa shape index (κ1) is 15.5. The Bertz CT molecular complexity index is 693. The first-order chi connectivity index (χ1) is 10.2. The highest BCUT2D eigenvalue weighted by Crippen LogP contribution is 2.62. The van der Waals surface area contributed by atoms with E-state index in [0.717, 1.165) is 0 Å². The molecule has 6 heteroatoms. The van der Waals surface area contributed by atoms with Crippen LogP contribution < -0.4 is 5.32 Å². The summed E-state index contributed by atoms with van der Waals surface area (Å²) >= 11 is 12.1. The molecule has 1 aromatic carbocycles. The highest BCUT2D eigenvalue weighted by Gasteiger charge is 2.72. The van der Waals surface area contributed by atoms with Crippen molar-refractivity contribution in [2.45, 2.75) is 26.7 Å². The summed E-state index contributed by atoms with van der Waals surface area (Å²) in [6.07, 6.45) is 0.935. The van der Waals surface area contributed by atoms with Crippen LogP contribution in [0.3, 0.4) is 0 Å². The highest BCUT2D eigenvalue weighted by molar-refractivity contribution is 6.48. The molecule has 1 amide bonds. The average Bonchev–Trinajstić information content (AvgIpc) is 2.79. The fraction of sp³-hybridized carbons (Fsp3) is 0.438. The van der Waals surface area contributed by atoms with Gasteiger partial charge in [0.15, 0.2) is 0 Å². The van der Waals surface area contributed by atoms with Gasteiger partial charge in [-0.15, -0.1) is 0 Å². The highest BCUT2D eigenvalue weighted by atomic mass is 35.5. The second-order valence-corrected chi connectivity index (χ2v) is 7.28. The van der Waals surface area contributed by atoms with Gasteiger partial charge < -0.3 is 5.32 Å². The third-order valence-electron chi connectivity index (χ3n) is 5.30. The Hall–Kier alpha value is -1.39. The number of nitrogens with one attached hydrogen (secondary N) is 1. The summed E-state index contributed by atoms with van der Waals surface area (Å²) in [6, 6.07) is 4.87. The lowest BCUT2D eigenvalue weighted by Crippen LogP contribution is -2.47. The van der Waals surface area contributed by atoms with Gasteiger partial charge in [0.05, 0.1) is 15.7 Å². The number of Topliss-reactive ketones (excluding diaryl/α,β-unsaturated/α-hetero) is 2. The molecule has 2 aliphatic rings. The molecule has 2 aliphatic carbocycles. The Morgan fingerprint density at radius 3 is 2.32 bits per heavy atom. The Morgan fingerprint density at radius 2 is 1.82 bits per heavy atom. The monoisotopic (exact) mass is 339 g/mol. The van der Waals surface area contributed by atoms with E-state index in [2.05, 4.69) is 5.32 Å². The van der Waals surface area contributed by atoms with E-state index in [0.29, 0.717) is 22.9 Å². The molecule has 2 atom stereocenters. The van der Waals surface area contributed by atoms with Gasteiger partial charge in [-0.3, -0.25) is 14.4 Å². The summed E-state index contributed by atoms with van der Waals surface area (Å²) in [5.74, 6) is -1.90. The van der Waals surface area contributed by atoms with Crippen LogP contribution in [0.1, 0.15) is 26.7 Å². The van der Waals surface area contributed by atoms with Crippen molar-refractivity contribution in [2.75, 3.05) is 5.32 Å². The summed E-state index contributed by atoms with van der Waals surface area (Å²) < 4.78 is 0. The summed E-state index contributed by atoms with van der Waals surface area (Å²) in [7, 11) is 0. The van der Waals surface area contributed by atoms with E-state index in [1.54, 1.807) is 32.0 Å². The summed E-state index contributed by atoms with van der Waals surface area (Å²) in [6.45, 7) is 3.61. The number of para-hydroxylation sites is 1. The van der Waals surface area contributed by atoms with Gasteiger partial charge in [-0.25, -0.2) is 0 Å². The lowest BCUT2D eigenvalue weighted by molar-refractivity contribution is -0.147. The van der Waals surface area contributed by atoms with E-state index in [9.17, 15) is 14.4 Å². The van der Waals surface area contributed by atoms with E-state index in [1.165, 1.54) is 0 Å². The maximum absolute atomic E-state index is 12.9. The maximum atomic E-state index is 12.9. The van der Waals surface area contributed by atoms with E-state index in [-0.39, 0.29) is 11.6 Å². The lowest BCUT2D eigenvalue weighted by Gasteiger charge is -2.34. The molecular weight excluding hydrogens is 325 g/mol. The second-order valence-electron chi connectivity index (χ2n) is 6.46. The minimum atomic E-state index is -1.32. The molecule has 4 nitrogen and oxygen atoms in total. The minimum Gasteiger partial charge on any atom is -0.323 e. The fourth-order valence-electron chi connectivity index (χ4n) is 3.92. The van der Waals surface area contributed by atoms with Crippen molar-refractivity contribution >= 4 is 46.4 Å². The molecule has 2 unspecified atom stereocenters. The number of benzene rings is 1. The molecule has 0 radical (unpaired) electrons. The Balaban J connectivity index is 2.02. The summed E-state index contributed by atoms with van der Waals surface area (Å²) in [5.41, 5.74) is -1.74. The second kappa shape index (κ2) is 4.80. The lowest BCUT2D eigenvalue weighted by atomic mass is 9.68. The number of fused-ring (bicyclic) bond motifs is 2. The molecule has 2 fully saturated rings. The molecule has 116 valence electrons. The van der Waals surface area contributed by atoms with Crippen LogP contribution >= 0.6 is 23.2 Å². The number of anilines is 1. The number of carbonyl (C=O) groups is 3. The summed E-state index contributed by atoms with van der Waals surface area (Å²) in [4.78, 5) is 37.4.